The second-order valence-electron chi connectivity index (χ2n) is 12.3. The van der Waals surface area contributed by atoms with Crippen molar-refractivity contribution in [2.75, 3.05) is 20.7 Å². The number of aromatic nitrogens is 2. The summed E-state index contributed by atoms with van der Waals surface area (Å²) in [5.41, 5.74) is -2.24. The highest BCUT2D eigenvalue weighted by molar-refractivity contribution is 6.34. The summed E-state index contributed by atoms with van der Waals surface area (Å²) in [6, 6.07) is 6.63. The third-order valence-electron chi connectivity index (χ3n) is 7.19. The third-order valence-corrected chi connectivity index (χ3v) is 7.52. The topological polar surface area (TPSA) is 153 Å². The lowest BCUT2D eigenvalue weighted by Gasteiger charge is -2.35. The highest BCUT2D eigenvalue weighted by atomic mass is 35.5. The highest BCUT2D eigenvalue weighted by Crippen LogP contribution is 2.44. The van der Waals surface area contributed by atoms with Gasteiger partial charge in [-0.3, -0.25) is 14.5 Å². The summed E-state index contributed by atoms with van der Waals surface area (Å²) >= 11 is 6.28. The van der Waals surface area contributed by atoms with Crippen LogP contribution in [-0.4, -0.2) is 80.7 Å². The van der Waals surface area contributed by atoms with Crippen LogP contribution in [0.25, 0.3) is 11.1 Å². The molecular formula is C31H33ClF3N7O5. The van der Waals surface area contributed by atoms with Crippen LogP contribution < -0.4 is 5.32 Å². The summed E-state index contributed by atoms with van der Waals surface area (Å²) < 4.78 is 42.7. The second kappa shape index (κ2) is 13.5. The van der Waals surface area contributed by atoms with Gasteiger partial charge < -0.3 is 20.4 Å². The first-order valence-electron chi connectivity index (χ1n) is 14.2. The molecule has 0 bridgehead atoms. The van der Waals surface area contributed by atoms with Crippen molar-refractivity contribution >= 4 is 41.8 Å². The zero-order valence-corrected chi connectivity index (χ0v) is 26.8. The average Bonchev–Trinajstić information content (AvgIpc) is 3.56. The van der Waals surface area contributed by atoms with Crippen molar-refractivity contribution in [1.29, 1.82) is 0 Å². The van der Waals surface area contributed by atoms with E-state index in [-0.39, 0.29) is 39.3 Å². The van der Waals surface area contributed by atoms with Crippen LogP contribution in [0.15, 0.2) is 58.8 Å². The van der Waals surface area contributed by atoms with Crippen molar-refractivity contribution in [3.8, 4) is 11.1 Å². The fraction of sp³-hybridized carbons (Fsp3) is 0.355. The van der Waals surface area contributed by atoms with E-state index in [0.29, 0.717) is 4.68 Å². The predicted octanol–water partition coefficient (Wildman–Crippen LogP) is 5.30. The molecule has 2 atom stereocenters. The van der Waals surface area contributed by atoms with E-state index in [2.05, 4.69) is 20.4 Å². The van der Waals surface area contributed by atoms with E-state index in [9.17, 15) is 33.4 Å². The lowest BCUT2D eigenvalue weighted by Crippen LogP contribution is -2.47. The molecule has 250 valence electrons. The number of alkyl halides is 2. The number of aliphatic hydroxyl groups excluding tert-OH is 1. The molecule has 0 spiro atoms. The Morgan fingerprint density at radius 3 is 2.43 bits per heavy atom. The second-order valence-corrected chi connectivity index (χ2v) is 12.7. The molecule has 3 aromatic rings. The summed E-state index contributed by atoms with van der Waals surface area (Å²) in [5.74, 6) is -2.93. The molecule has 0 unspecified atom stereocenters. The Balaban J connectivity index is 1.87. The van der Waals surface area contributed by atoms with Gasteiger partial charge in [0.15, 0.2) is 0 Å². The zero-order valence-electron chi connectivity index (χ0n) is 26.1. The lowest BCUT2D eigenvalue weighted by atomic mass is 9.75. The van der Waals surface area contributed by atoms with Gasteiger partial charge in [0, 0.05) is 31.4 Å². The summed E-state index contributed by atoms with van der Waals surface area (Å²) in [6.07, 6.45) is 1.71. The first-order valence-corrected chi connectivity index (χ1v) is 14.6. The molecule has 12 nitrogen and oxygen atoms in total. The van der Waals surface area contributed by atoms with Crippen molar-refractivity contribution in [2.45, 2.75) is 45.3 Å². The lowest BCUT2D eigenvalue weighted by molar-refractivity contribution is -0.135. The van der Waals surface area contributed by atoms with Crippen molar-refractivity contribution in [2.24, 2.45) is 15.4 Å². The molecule has 4 rings (SSSR count). The number of carboxylic acid groups (broad SMARTS) is 1. The predicted molar refractivity (Wildman–Crippen MR) is 168 cm³/mol. The molecule has 1 saturated heterocycles. The maximum atomic E-state index is 16.1. The Kier molecular flexibility index (Phi) is 10.1. The minimum Gasteiger partial charge on any atom is -0.463 e. The van der Waals surface area contributed by atoms with E-state index in [4.69, 9.17) is 11.6 Å². The van der Waals surface area contributed by atoms with E-state index in [1.54, 1.807) is 34.9 Å². The Bertz CT molecular complexity index is 1750. The van der Waals surface area contributed by atoms with Gasteiger partial charge in [-0.2, -0.15) is 18.9 Å². The van der Waals surface area contributed by atoms with Gasteiger partial charge in [-0.15, -0.1) is 4.99 Å². The van der Waals surface area contributed by atoms with Crippen molar-refractivity contribution < 1.29 is 37.8 Å². The SMILES string of the molecule is CN(C)/C=N/C(=O)c1cc([C@@H](CO)N2C(=O)[C@@](CC(C)(C)C)(c3ccc(-c4cnn(C(F)F)c4)cc3F)N/C2=N\C(=O)O)ccc1Cl. The van der Waals surface area contributed by atoms with E-state index in [0.717, 1.165) is 23.4 Å². The number of hydrogen-bond acceptors (Lipinski definition) is 5. The number of halogens is 4. The van der Waals surface area contributed by atoms with E-state index in [1.165, 1.54) is 41.6 Å². The highest BCUT2D eigenvalue weighted by Gasteiger charge is 2.56. The minimum atomic E-state index is -2.90. The molecule has 1 aliphatic rings. The monoisotopic (exact) mass is 675 g/mol. The number of nitrogens with one attached hydrogen (secondary N) is 1. The number of guanidine groups is 1. The van der Waals surface area contributed by atoms with E-state index in [1.807, 2.05) is 0 Å². The minimum absolute atomic E-state index is 0.0416. The first-order chi connectivity index (χ1) is 22.0. The molecule has 2 aromatic carbocycles. The fourth-order valence-electron chi connectivity index (χ4n) is 5.38. The Morgan fingerprint density at radius 2 is 1.87 bits per heavy atom. The third kappa shape index (κ3) is 7.46. The van der Waals surface area contributed by atoms with Gasteiger partial charge >= 0.3 is 12.6 Å². The Hall–Kier alpha value is -4.76. The summed E-state index contributed by atoms with van der Waals surface area (Å²) in [6.45, 7) is 1.71. The largest absolute Gasteiger partial charge is 0.463 e. The number of benzene rings is 2. The molecule has 1 aliphatic heterocycles. The van der Waals surface area contributed by atoms with Crippen molar-refractivity contribution in [1.82, 2.24) is 24.9 Å². The quantitative estimate of drug-likeness (QED) is 0.204. The molecule has 1 aromatic heterocycles. The van der Waals surface area contributed by atoms with E-state index < -0.39 is 59.8 Å². The molecule has 3 amide bonds. The number of carbonyl (C=O) groups is 3. The van der Waals surface area contributed by atoms with Gasteiger partial charge in [0.1, 0.15) is 11.4 Å². The summed E-state index contributed by atoms with van der Waals surface area (Å²) in [7, 11) is 3.32. The molecule has 1 fully saturated rings. The van der Waals surface area contributed by atoms with Gasteiger partial charge in [-0.25, -0.2) is 13.9 Å². The molecule has 0 radical (unpaired) electrons. The Morgan fingerprint density at radius 1 is 1.17 bits per heavy atom. The number of rotatable bonds is 9. The zero-order chi connectivity index (χ0) is 34.8. The van der Waals surface area contributed by atoms with Crippen LogP contribution in [0, 0.1) is 11.2 Å². The van der Waals surface area contributed by atoms with Crippen LogP contribution in [-0.2, 0) is 10.3 Å². The van der Waals surface area contributed by atoms with Gasteiger partial charge in [-0.05, 0) is 41.2 Å². The van der Waals surface area contributed by atoms with E-state index >= 15 is 4.39 Å². The maximum Gasteiger partial charge on any atom is 0.434 e. The molecule has 16 heteroatoms. The van der Waals surface area contributed by atoms with Crippen LogP contribution in [0.1, 0.15) is 61.3 Å². The normalized spacial score (nSPS) is 18.3. The fourth-order valence-corrected chi connectivity index (χ4v) is 5.58. The van der Waals surface area contributed by atoms with Gasteiger partial charge in [0.05, 0.1) is 35.8 Å². The van der Waals surface area contributed by atoms with Crippen LogP contribution >= 0.6 is 11.6 Å². The van der Waals surface area contributed by atoms with Crippen LogP contribution in [0.2, 0.25) is 5.02 Å². The van der Waals surface area contributed by atoms with Crippen molar-refractivity contribution in [3.63, 3.8) is 0 Å². The van der Waals surface area contributed by atoms with Crippen LogP contribution in [0.3, 0.4) is 0 Å². The molecular weight excluding hydrogens is 643 g/mol. The van der Waals surface area contributed by atoms with Gasteiger partial charge in [0.2, 0.25) is 5.96 Å². The average molecular weight is 676 g/mol. The van der Waals surface area contributed by atoms with Crippen LogP contribution in [0.4, 0.5) is 18.0 Å². The van der Waals surface area contributed by atoms with Crippen LogP contribution in [0.5, 0.6) is 0 Å². The van der Waals surface area contributed by atoms with Crippen molar-refractivity contribution in [3.05, 3.63) is 76.3 Å². The smallest absolute Gasteiger partial charge is 0.434 e. The number of aliphatic hydroxyl groups is 1. The Labute approximate surface area is 273 Å². The van der Waals surface area contributed by atoms with Gasteiger partial charge in [0.25, 0.3) is 11.8 Å². The summed E-state index contributed by atoms with van der Waals surface area (Å²) in [5, 5.41) is 26.7. The summed E-state index contributed by atoms with van der Waals surface area (Å²) in [4.78, 5) is 49.2. The number of aliphatic imine (C=N–C) groups is 2. The first kappa shape index (κ1) is 35.1. The van der Waals surface area contributed by atoms with Gasteiger partial charge in [-0.1, -0.05) is 50.6 Å². The standard InChI is InChI=1S/C31H33ClF3N7O5/c1-30(2,3)15-31(21-8-6-17(11-23(21)33)19-12-37-41(13-19)27(34)35)26(45)42(28(39-31)38-29(46)47)24(14-43)18-7-9-22(32)20(10-18)25(44)36-16-40(4)5/h6-13,16,24,27,43H,14-15H2,1-5H3,(H,38,39)(H,46,47)/b36-16+/t24-,31-/m1/s1. The number of nitrogens with zero attached hydrogens (tertiary/aromatic N) is 6. The number of carbonyl (C=O) groups excluding carboxylic acids is 2. The number of hydrogen-bond donors (Lipinski definition) is 3. The molecule has 2 heterocycles. The molecule has 3 N–H and O–H groups in total. The molecule has 47 heavy (non-hydrogen) atoms. The maximum absolute atomic E-state index is 16.1. The molecule has 0 saturated carbocycles. The number of amides is 3. The molecule has 0 aliphatic carbocycles.